The normalized spacial score (nSPS) is 14.8. The zero-order valence-corrected chi connectivity index (χ0v) is 11.8. The molecule has 2 unspecified atom stereocenters. The van der Waals surface area contributed by atoms with Crippen molar-refractivity contribution in [1.29, 1.82) is 0 Å². The third-order valence-corrected chi connectivity index (χ3v) is 3.41. The lowest BCUT2D eigenvalue weighted by molar-refractivity contribution is 0.129. The zero-order valence-electron chi connectivity index (χ0n) is 11.8. The molecule has 3 N–H and O–H groups in total. The van der Waals surface area contributed by atoms with Gasteiger partial charge in [-0.25, -0.2) is 0 Å². The summed E-state index contributed by atoms with van der Waals surface area (Å²) in [6, 6.07) is 8.76. The second-order valence-electron chi connectivity index (χ2n) is 5.14. The number of aliphatic hydroxyl groups is 1. The van der Waals surface area contributed by atoms with Gasteiger partial charge in [-0.05, 0) is 30.5 Å². The Kier molecular flexibility index (Phi) is 6.33. The fourth-order valence-electron chi connectivity index (χ4n) is 2.00. The molecule has 3 heteroatoms. The second-order valence-corrected chi connectivity index (χ2v) is 5.14. The Bertz CT molecular complexity index is 337. The van der Waals surface area contributed by atoms with Crippen molar-refractivity contribution >= 4 is 0 Å². The highest BCUT2D eigenvalue weighted by atomic mass is 16.3. The summed E-state index contributed by atoms with van der Waals surface area (Å²) in [4.78, 5) is 2.09. The van der Waals surface area contributed by atoms with Gasteiger partial charge < -0.3 is 10.8 Å². The largest absolute Gasteiger partial charge is 0.390 e. The maximum Gasteiger partial charge on any atom is 0.0789 e. The fourth-order valence-corrected chi connectivity index (χ4v) is 2.00. The molecule has 1 aromatic carbocycles. The molecular formula is C15H26N2O. The highest BCUT2D eigenvalue weighted by Crippen LogP contribution is 2.19. The summed E-state index contributed by atoms with van der Waals surface area (Å²) < 4.78 is 0. The van der Waals surface area contributed by atoms with Crippen molar-refractivity contribution < 1.29 is 5.11 Å². The van der Waals surface area contributed by atoms with E-state index in [0.717, 1.165) is 6.54 Å². The number of likely N-dealkylation sites (N-methyl/N-ethyl adjacent to an activating group) is 1. The highest BCUT2D eigenvalue weighted by molar-refractivity contribution is 5.24. The summed E-state index contributed by atoms with van der Waals surface area (Å²) in [5.41, 5.74) is 8.07. The molecule has 18 heavy (non-hydrogen) atoms. The molecule has 0 aliphatic carbocycles. The Hall–Kier alpha value is -0.900. The standard InChI is InChI=1S/C15H26N2O/c1-4-12(2)14-7-5-13(6-8-14)10-17(3)11-15(18)9-16/h5-8,12,15,18H,4,9-11,16H2,1-3H3. The predicted molar refractivity (Wildman–Crippen MR) is 76.5 cm³/mol. The zero-order chi connectivity index (χ0) is 13.5. The first-order valence-electron chi connectivity index (χ1n) is 6.72. The van der Waals surface area contributed by atoms with Gasteiger partial charge in [-0.3, -0.25) is 4.90 Å². The van der Waals surface area contributed by atoms with Gasteiger partial charge in [-0.1, -0.05) is 38.1 Å². The number of nitrogens with zero attached hydrogens (tertiary/aromatic N) is 1. The van der Waals surface area contributed by atoms with Crippen LogP contribution in [0.15, 0.2) is 24.3 Å². The molecule has 0 heterocycles. The smallest absolute Gasteiger partial charge is 0.0789 e. The number of hydrogen-bond donors (Lipinski definition) is 2. The lowest BCUT2D eigenvalue weighted by atomic mass is 9.97. The summed E-state index contributed by atoms with van der Waals surface area (Å²) >= 11 is 0. The third kappa shape index (κ3) is 4.77. The van der Waals surface area contributed by atoms with E-state index in [2.05, 4.69) is 43.0 Å². The quantitative estimate of drug-likeness (QED) is 0.777. The average molecular weight is 250 g/mol. The van der Waals surface area contributed by atoms with Crippen LogP contribution in [0.2, 0.25) is 0 Å². The summed E-state index contributed by atoms with van der Waals surface area (Å²) in [6.07, 6.45) is 0.733. The number of aliphatic hydroxyl groups excluding tert-OH is 1. The van der Waals surface area contributed by atoms with Crippen LogP contribution >= 0.6 is 0 Å². The minimum absolute atomic E-state index is 0.317. The number of hydrogen-bond acceptors (Lipinski definition) is 3. The van der Waals surface area contributed by atoms with E-state index in [4.69, 9.17) is 5.73 Å². The molecule has 0 radical (unpaired) electrons. The van der Waals surface area contributed by atoms with Crippen LogP contribution < -0.4 is 5.73 Å². The molecule has 0 aliphatic rings. The van der Waals surface area contributed by atoms with Crippen molar-refractivity contribution in [3.63, 3.8) is 0 Å². The molecule has 1 rings (SSSR count). The van der Waals surface area contributed by atoms with E-state index in [1.54, 1.807) is 0 Å². The van der Waals surface area contributed by atoms with Gasteiger partial charge in [0, 0.05) is 19.6 Å². The SMILES string of the molecule is CCC(C)c1ccc(CN(C)CC(O)CN)cc1. The fraction of sp³-hybridized carbons (Fsp3) is 0.600. The Morgan fingerprint density at radius 2 is 1.89 bits per heavy atom. The Labute approximate surface area is 111 Å². The number of nitrogens with two attached hydrogens (primary N) is 1. The molecule has 0 bridgehead atoms. The third-order valence-electron chi connectivity index (χ3n) is 3.41. The predicted octanol–water partition coefficient (Wildman–Crippen LogP) is 1.95. The van der Waals surface area contributed by atoms with E-state index in [0.29, 0.717) is 19.0 Å². The molecule has 102 valence electrons. The van der Waals surface area contributed by atoms with Gasteiger partial charge in [0.05, 0.1) is 6.10 Å². The topological polar surface area (TPSA) is 49.5 Å². The van der Waals surface area contributed by atoms with Crippen molar-refractivity contribution in [2.75, 3.05) is 20.1 Å². The number of benzene rings is 1. The van der Waals surface area contributed by atoms with Crippen molar-refractivity contribution in [2.45, 2.75) is 38.8 Å². The van der Waals surface area contributed by atoms with Crippen molar-refractivity contribution in [1.82, 2.24) is 4.90 Å². The molecular weight excluding hydrogens is 224 g/mol. The molecule has 1 aromatic rings. The lowest BCUT2D eigenvalue weighted by Gasteiger charge is -2.20. The van der Waals surface area contributed by atoms with Crippen LogP contribution in [-0.2, 0) is 6.54 Å². The van der Waals surface area contributed by atoms with Crippen molar-refractivity contribution in [3.8, 4) is 0 Å². The lowest BCUT2D eigenvalue weighted by Crippen LogP contribution is -2.33. The van der Waals surface area contributed by atoms with Crippen molar-refractivity contribution in [3.05, 3.63) is 35.4 Å². The second kappa shape index (κ2) is 7.52. The van der Waals surface area contributed by atoms with Crippen molar-refractivity contribution in [2.24, 2.45) is 5.73 Å². The van der Waals surface area contributed by atoms with E-state index in [1.807, 2.05) is 7.05 Å². The van der Waals surface area contributed by atoms with Crippen LogP contribution in [0.1, 0.15) is 37.3 Å². The Balaban J connectivity index is 2.53. The minimum Gasteiger partial charge on any atom is -0.390 e. The minimum atomic E-state index is -0.436. The van der Waals surface area contributed by atoms with E-state index in [-0.39, 0.29) is 0 Å². The maximum absolute atomic E-state index is 9.49. The van der Waals surface area contributed by atoms with Gasteiger partial charge in [0.1, 0.15) is 0 Å². The number of rotatable bonds is 7. The monoisotopic (exact) mass is 250 g/mol. The summed E-state index contributed by atoms with van der Waals surface area (Å²) in [6.45, 7) is 6.23. The molecule has 0 aliphatic heterocycles. The van der Waals surface area contributed by atoms with Crippen LogP contribution in [0.25, 0.3) is 0 Å². The van der Waals surface area contributed by atoms with Gasteiger partial charge in [0.2, 0.25) is 0 Å². The van der Waals surface area contributed by atoms with Gasteiger partial charge >= 0.3 is 0 Å². The molecule has 2 atom stereocenters. The van der Waals surface area contributed by atoms with E-state index in [9.17, 15) is 5.11 Å². The van der Waals surface area contributed by atoms with Crippen LogP contribution in [0.3, 0.4) is 0 Å². The molecule has 0 amide bonds. The van der Waals surface area contributed by atoms with E-state index in [1.165, 1.54) is 17.5 Å². The first kappa shape index (κ1) is 15.2. The highest BCUT2D eigenvalue weighted by Gasteiger charge is 2.07. The first-order valence-corrected chi connectivity index (χ1v) is 6.72. The Morgan fingerprint density at radius 1 is 1.28 bits per heavy atom. The summed E-state index contributed by atoms with van der Waals surface area (Å²) in [5.74, 6) is 0.621. The van der Waals surface area contributed by atoms with Gasteiger partial charge in [0.25, 0.3) is 0 Å². The van der Waals surface area contributed by atoms with Gasteiger partial charge in [-0.15, -0.1) is 0 Å². The summed E-state index contributed by atoms with van der Waals surface area (Å²) in [7, 11) is 2.00. The molecule has 3 nitrogen and oxygen atoms in total. The van der Waals surface area contributed by atoms with Gasteiger partial charge in [0.15, 0.2) is 0 Å². The molecule has 0 spiro atoms. The van der Waals surface area contributed by atoms with Crippen LogP contribution in [0.5, 0.6) is 0 Å². The van der Waals surface area contributed by atoms with Crippen LogP contribution in [-0.4, -0.2) is 36.2 Å². The van der Waals surface area contributed by atoms with E-state index < -0.39 is 6.10 Å². The molecule has 0 saturated heterocycles. The van der Waals surface area contributed by atoms with Gasteiger partial charge in [-0.2, -0.15) is 0 Å². The van der Waals surface area contributed by atoms with Crippen LogP contribution in [0, 0.1) is 0 Å². The molecule has 0 saturated carbocycles. The first-order chi connectivity index (χ1) is 8.56. The van der Waals surface area contributed by atoms with E-state index >= 15 is 0 Å². The maximum atomic E-state index is 9.49. The molecule has 0 aromatic heterocycles. The Morgan fingerprint density at radius 3 is 2.39 bits per heavy atom. The van der Waals surface area contributed by atoms with Crippen LogP contribution in [0.4, 0.5) is 0 Å². The summed E-state index contributed by atoms with van der Waals surface area (Å²) in [5, 5.41) is 9.49. The molecule has 0 fully saturated rings. The average Bonchev–Trinajstić information content (AvgIpc) is 2.38.